The summed E-state index contributed by atoms with van der Waals surface area (Å²) in [4.78, 5) is 38.6. The summed E-state index contributed by atoms with van der Waals surface area (Å²) in [6.45, 7) is 11.3. The highest BCUT2D eigenvalue weighted by molar-refractivity contribution is 7.17. The topological polar surface area (TPSA) is 107 Å². The van der Waals surface area contributed by atoms with Gasteiger partial charge in [-0.1, -0.05) is 6.92 Å². The van der Waals surface area contributed by atoms with Gasteiger partial charge in [0.2, 0.25) is 0 Å². The van der Waals surface area contributed by atoms with Crippen molar-refractivity contribution in [3.05, 3.63) is 28.5 Å². The standard InChI is InChI=1S/C26H37N5O3S/c1-7-15(3)28-20-12-14(2)19(13-27-20)22-21(25(33)31-17-8-9-18(31)11-10-17)30-24(35-22)23(32)29-16(4)26(5,6)34/h12-13,15-18,34H,7-11H2,1-6H3,(H,27,28)(H,29,32)/t15-,16+,17?,18?/m1/s1. The normalized spacial score (nSPS) is 21.2. The van der Waals surface area contributed by atoms with E-state index >= 15 is 0 Å². The third-order valence-electron chi connectivity index (χ3n) is 7.48. The largest absolute Gasteiger partial charge is 0.388 e. The van der Waals surface area contributed by atoms with Gasteiger partial charge in [0.05, 0.1) is 16.5 Å². The first-order valence-electron chi connectivity index (χ1n) is 12.6. The van der Waals surface area contributed by atoms with Gasteiger partial charge in [-0.05, 0) is 78.4 Å². The molecule has 35 heavy (non-hydrogen) atoms. The molecule has 8 nitrogen and oxygen atoms in total. The van der Waals surface area contributed by atoms with Gasteiger partial charge in [-0.2, -0.15) is 0 Å². The Morgan fingerprint density at radius 2 is 1.86 bits per heavy atom. The number of hydrogen-bond acceptors (Lipinski definition) is 7. The lowest BCUT2D eigenvalue weighted by Gasteiger charge is -2.26. The van der Waals surface area contributed by atoms with Gasteiger partial charge >= 0.3 is 0 Å². The van der Waals surface area contributed by atoms with Crippen molar-refractivity contribution < 1.29 is 14.7 Å². The molecule has 0 radical (unpaired) electrons. The van der Waals surface area contributed by atoms with E-state index in [-0.39, 0.29) is 23.0 Å². The van der Waals surface area contributed by atoms with E-state index in [0.29, 0.717) is 16.6 Å². The summed E-state index contributed by atoms with van der Waals surface area (Å²) in [5, 5.41) is 16.7. The van der Waals surface area contributed by atoms with E-state index in [2.05, 4.69) is 34.4 Å². The average molecular weight is 500 g/mol. The molecule has 0 aromatic carbocycles. The smallest absolute Gasteiger partial charge is 0.280 e. The Morgan fingerprint density at radius 1 is 1.23 bits per heavy atom. The van der Waals surface area contributed by atoms with Gasteiger partial charge in [-0.15, -0.1) is 11.3 Å². The molecule has 190 valence electrons. The predicted octanol–water partition coefficient (Wildman–Crippen LogP) is 4.38. The van der Waals surface area contributed by atoms with Crippen LogP contribution in [0.3, 0.4) is 0 Å². The van der Waals surface area contributed by atoms with E-state index < -0.39 is 17.6 Å². The van der Waals surface area contributed by atoms with Crippen LogP contribution in [0, 0.1) is 6.92 Å². The minimum atomic E-state index is -1.08. The second-order valence-corrected chi connectivity index (χ2v) is 11.6. The minimum Gasteiger partial charge on any atom is -0.388 e. The van der Waals surface area contributed by atoms with Gasteiger partial charge < -0.3 is 20.6 Å². The number of thiazole rings is 1. The van der Waals surface area contributed by atoms with E-state index in [1.54, 1.807) is 27.0 Å². The lowest BCUT2D eigenvalue weighted by molar-refractivity contribution is 0.0408. The fourth-order valence-electron chi connectivity index (χ4n) is 4.77. The van der Waals surface area contributed by atoms with Crippen LogP contribution in [0.1, 0.15) is 92.6 Å². The Morgan fingerprint density at radius 3 is 2.40 bits per heavy atom. The fraction of sp³-hybridized carbons (Fsp3) is 0.615. The zero-order chi connectivity index (χ0) is 25.5. The first kappa shape index (κ1) is 25.6. The molecule has 2 bridgehead atoms. The molecule has 2 fully saturated rings. The van der Waals surface area contributed by atoms with Crippen LogP contribution in [0.2, 0.25) is 0 Å². The van der Waals surface area contributed by atoms with Crippen LogP contribution in [0.25, 0.3) is 10.4 Å². The predicted molar refractivity (Wildman–Crippen MR) is 139 cm³/mol. The SMILES string of the molecule is CC[C@@H](C)Nc1cc(C)c(-c2sc(C(=O)N[C@@H](C)C(C)(C)O)nc2C(=O)N2C3CCC2CC3)cn1. The molecular weight excluding hydrogens is 462 g/mol. The fourth-order valence-corrected chi connectivity index (χ4v) is 5.81. The molecular formula is C26H37N5O3S. The van der Waals surface area contributed by atoms with E-state index in [0.717, 1.165) is 49.0 Å². The number of amides is 2. The zero-order valence-corrected chi connectivity index (χ0v) is 22.3. The lowest BCUT2D eigenvalue weighted by Crippen LogP contribution is -2.47. The van der Waals surface area contributed by atoms with Crippen molar-refractivity contribution >= 4 is 29.0 Å². The molecule has 0 spiro atoms. The van der Waals surface area contributed by atoms with Crippen LogP contribution in [-0.4, -0.2) is 61.6 Å². The number of anilines is 1. The first-order chi connectivity index (χ1) is 16.5. The molecule has 2 atom stereocenters. The van der Waals surface area contributed by atoms with Crippen LogP contribution in [0.15, 0.2) is 12.3 Å². The maximum absolute atomic E-state index is 13.7. The third-order valence-corrected chi connectivity index (χ3v) is 8.57. The number of aryl methyl sites for hydroxylation is 1. The molecule has 2 amide bonds. The summed E-state index contributed by atoms with van der Waals surface area (Å²) in [6, 6.07) is 2.31. The average Bonchev–Trinajstić information content (AvgIpc) is 3.52. The highest BCUT2D eigenvalue weighted by Crippen LogP contribution is 2.41. The summed E-state index contributed by atoms with van der Waals surface area (Å²) < 4.78 is 0. The van der Waals surface area contributed by atoms with E-state index in [9.17, 15) is 14.7 Å². The zero-order valence-electron chi connectivity index (χ0n) is 21.5. The summed E-state index contributed by atoms with van der Waals surface area (Å²) in [5.41, 5.74) is 1.01. The molecule has 2 aromatic rings. The Bertz CT molecular complexity index is 1090. The molecule has 4 heterocycles. The van der Waals surface area contributed by atoms with Crippen LogP contribution >= 0.6 is 11.3 Å². The quantitative estimate of drug-likeness (QED) is 0.498. The maximum Gasteiger partial charge on any atom is 0.280 e. The molecule has 0 aliphatic carbocycles. The number of fused-ring (bicyclic) bond motifs is 2. The first-order valence-corrected chi connectivity index (χ1v) is 13.4. The Labute approximate surface area is 211 Å². The second kappa shape index (κ2) is 9.85. The Kier molecular flexibility index (Phi) is 7.20. The number of carbonyl (C=O) groups excluding carboxylic acids is 2. The second-order valence-electron chi connectivity index (χ2n) is 10.6. The van der Waals surface area contributed by atoms with Crippen LogP contribution in [-0.2, 0) is 0 Å². The van der Waals surface area contributed by atoms with Gasteiger partial charge in [0.1, 0.15) is 11.5 Å². The van der Waals surface area contributed by atoms with Crippen LogP contribution in [0.5, 0.6) is 0 Å². The minimum absolute atomic E-state index is 0.1000. The van der Waals surface area contributed by atoms with Crippen molar-refractivity contribution in [3.63, 3.8) is 0 Å². The maximum atomic E-state index is 13.7. The van der Waals surface area contributed by atoms with Crippen molar-refractivity contribution in [2.24, 2.45) is 0 Å². The number of hydrogen-bond donors (Lipinski definition) is 3. The molecule has 0 saturated carbocycles. The van der Waals surface area contributed by atoms with Crippen molar-refractivity contribution in [3.8, 4) is 10.4 Å². The molecule has 3 N–H and O–H groups in total. The summed E-state index contributed by atoms with van der Waals surface area (Å²) in [5.74, 6) is 0.291. The van der Waals surface area contributed by atoms with E-state index in [1.807, 2.05) is 17.9 Å². The molecule has 2 aliphatic rings. The summed E-state index contributed by atoms with van der Waals surface area (Å²) in [6.07, 6.45) is 6.87. The summed E-state index contributed by atoms with van der Waals surface area (Å²) in [7, 11) is 0. The molecule has 9 heteroatoms. The molecule has 2 aliphatic heterocycles. The van der Waals surface area contributed by atoms with Gasteiger partial charge in [-0.25, -0.2) is 9.97 Å². The van der Waals surface area contributed by atoms with Crippen LogP contribution < -0.4 is 10.6 Å². The number of carbonyl (C=O) groups is 2. The number of aromatic nitrogens is 2. The highest BCUT2D eigenvalue weighted by Gasteiger charge is 2.44. The van der Waals surface area contributed by atoms with Gasteiger partial charge in [0.25, 0.3) is 11.8 Å². The number of nitrogens with zero attached hydrogens (tertiary/aromatic N) is 3. The lowest BCUT2D eigenvalue weighted by atomic mass is 10.0. The number of nitrogens with one attached hydrogen (secondary N) is 2. The molecule has 2 aromatic heterocycles. The van der Waals surface area contributed by atoms with Crippen molar-refractivity contribution in [2.45, 2.75) is 103 Å². The van der Waals surface area contributed by atoms with Gasteiger partial charge in [0, 0.05) is 29.9 Å². The molecule has 2 saturated heterocycles. The Balaban J connectivity index is 1.71. The molecule has 4 rings (SSSR count). The van der Waals surface area contributed by atoms with Crippen molar-refractivity contribution in [1.82, 2.24) is 20.2 Å². The van der Waals surface area contributed by atoms with Gasteiger partial charge in [-0.3, -0.25) is 9.59 Å². The molecule has 0 unspecified atom stereocenters. The monoisotopic (exact) mass is 499 g/mol. The van der Waals surface area contributed by atoms with E-state index in [1.165, 1.54) is 11.3 Å². The third kappa shape index (κ3) is 5.21. The number of pyridine rings is 1. The number of aliphatic hydroxyl groups is 1. The highest BCUT2D eigenvalue weighted by atomic mass is 32.1. The van der Waals surface area contributed by atoms with E-state index in [4.69, 9.17) is 0 Å². The van der Waals surface area contributed by atoms with Gasteiger partial charge in [0.15, 0.2) is 5.01 Å². The number of rotatable bonds is 8. The van der Waals surface area contributed by atoms with Crippen molar-refractivity contribution in [1.29, 1.82) is 0 Å². The Hall–Kier alpha value is -2.52. The van der Waals surface area contributed by atoms with Crippen molar-refractivity contribution in [2.75, 3.05) is 5.32 Å². The van der Waals surface area contributed by atoms with Crippen LogP contribution in [0.4, 0.5) is 5.82 Å². The summed E-state index contributed by atoms with van der Waals surface area (Å²) >= 11 is 1.21.